The number of hydrogen-bond acceptors (Lipinski definition) is 2. The third-order valence-corrected chi connectivity index (χ3v) is 2.95. The SMILES string of the molecule is CCc1cccc(C(N)c2ccoc2C)c1. The zero-order valence-electron chi connectivity index (χ0n) is 9.73. The average molecular weight is 215 g/mol. The van der Waals surface area contributed by atoms with Gasteiger partial charge in [0.1, 0.15) is 5.76 Å². The van der Waals surface area contributed by atoms with Crippen molar-refractivity contribution in [1.29, 1.82) is 0 Å². The molecule has 2 nitrogen and oxygen atoms in total. The van der Waals surface area contributed by atoms with Crippen LogP contribution in [-0.2, 0) is 6.42 Å². The first-order valence-corrected chi connectivity index (χ1v) is 5.60. The highest BCUT2D eigenvalue weighted by Gasteiger charge is 2.13. The van der Waals surface area contributed by atoms with E-state index >= 15 is 0 Å². The van der Waals surface area contributed by atoms with Gasteiger partial charge in [-0.25, -0.2) is 0 Å². The smallest absolute Gasteiger partial charge is 0.105 e. The summed E-state index contributed by atoms with van der Waals surface area (Å²) in [5, 5.41) is 0. The molecular formula is C14H17NO. The largest absolute Gasteiger partial charge is 0.469 e. The van der Waals surface area contributed by atoms with Crippen LogP contribution in [0.25, 0.3) is 0 Å². The zero-order valence-corrected chi connectivity index (χ0v) is 9.73. The van der Waals surface area contributed by atoms with Gasteiger partial charge >= 0.3 is 0 Å². The highest BCUT2D eigenvalue weighted by molar-refractivity contribution is 5.34. The lowest BCUT2D eigenvalue weighted by Gasteiger charge is -2.12. The molecule has 0 aliphatic carbocycles. The van der Waals surface area contributed by atoms with E-state index in [9.17, 15) is 0 Å². The Morgan fingerprint density at radius 1 is 1.31 bits per heavy atom. The highest BCUT2D eigenvalue weighted by Crippen LogP contribution is 2.24. The molecule has 84 valence electrons. The minimum absolute atomic E-state index is 0.0924. The summed E-state index contributed by atoms with van der Waals surface area (Å²) in [6, 6.07) is 10.3. The molecule has 0 saturated heterocycles. The third kappa shape index (κ3) is 2.02. The molecule has 0 radical (unpaired) electrons. The number of hydrogen-bond donors (Lipinski definition) is 1. The second-order valence-electron chi connectivity index (χ2n) is 4.01. The van der Waals surface area contributed by atoms with E-state index < -0.39 is 0 Å². The summed E-state index contributed by atoms with van der Waals surface area (Å²) >= 11 is 0. The van der Waals surface area contributed by atoms with Crippen molar-refractivity contribution in [2.75, 3.05) is 0 Å². The molecule has 0 bridgehead atoms. The molecule has 2 N–H and O–H groups in total. The van der Waals surface area contributed by atoms with Crippen LogP contribution in [0.5, 0.6) is 0 Å². The van der Waals surface area contributed by atoms with Crippen LogP contribution in [0.4, 0.5) is 0 Å². The fraction of sp³-hybridized carbons (Fsp3) is 0.286. The molecule has 0 spiro atoms. The van der Waals surface area contributed by atoms with Crippen molar-refractivity contribution < 1.29 is 4.42 Å². The van der Waals surface area contributed by atoms with E-state index in [1.54, 1.807) is 6.26 Å². The Bertz CT molecular complexity index is 473. The van der Waals surface area contributed by atoms with Gasteiger partial charge in [-0.05, 0) is 30.5 Å². The van der Waals surface area contributed by atoms with Crippen molar-refractivity contribution in [3.8, 4) is 0 Å². The van der Waals surface area contributed by atoms with Crippen molar-refractivity contribution in [1.82, 2.24) is 0 Å². The van der Waals surface area contributed by atoms with Gasteiger partial charge in [0.25, 0.3) is 0 Å². The van der Waals surface area contributed by atoms with Gasteiger partial charge in [-0.1, -0.05) is 31.2 Å². The summed E-state index contributed by atoms with van der Waals surface area (Å²) < 4.78 is 5.28. The summed E-state index contributed by atoms with van der Waals surface area (Å²) in [5.41, 5.74) is 9.74. The van der Waals surface area contributed by atoms with E-state index in [1.165, 1.54) is 5.56 Å². The number of aryl methyl sites for hydroxylation is 2. The van der Waals surface area contributed by atoms with Crippen molar-refractivity contribution in [2.45, 2.75) is 26.3 Å². The van der Waals surface area contributed by atoms with E-state index in [2.05, 4.69) is 31.2 Å². The number of furan rings is 1. The Balaban J connectivity index is 2.33. The lowest BCUT2D eigenvalue weighted by atomic mass is 9.98. The quantitative estimate of drug-likeness (QED) is 0.854. The fourth-order valence-corrected chi connectivity index (χ4v) is 1.90. The molecule has 0 aliphatic heterocycles. The van der Waals surface area contributed by atoms with Crippen LogP contribution in [0.1, 0.15) is 35.4 Å². The van der Waals surface area contributed by atoms with Crippen molar-refractivity contribution in [3.63, 3.8) is 0 Å². The normalized spacial score (nSPS) is 12.7. The standard InChI is InChI=1S/C14H17NO/c1-3-11-5-4-6-12(9-11)14(15)13-7-8-16-10(13)2/h4-9,14H,3,15H2,1-2H3. The fourth-order valence-electron chi connectivity index (χ4n) is 1.90. The lowest BCUT2D eigenvalue weighted by Crippen LogP contribution is -2.12. The van der Waals surface area contributed by atoms with E-state index in [-0.39, 0.29) is 6.04 Å². The van der Waals surface area contributed by atoms with Gasteiger partial charge in [-0.15, -0.1) is 0 Å². The summed E-state index contributed by atoms with van der Waals surface area (Å²) in [6.45, 7) is 4.09. The van der Waals surface area contributed by atoms with Crippen LogP contribution in [-0.4, -0.2) is 0 Å². The molecule has 0 saturated carbocycles. The molecule has 0 fully saturated rings. The van der Waals surface area contributed by atoms with Crippen LogP contribution >= 0.6 is 0 Å². The number of rotatable bonds is 3. The summed E-state index contributed by atoms with van der Waals surface area (Å²) in [6.07, 6.45) is 2.72. The van der Waals surface area contributed by atoms with E-state index in [1.807, 2.05) is 13.0 Å². The van der Waals surface area contributed by atoms with E-state index in [0.717, 1.165) is 23.3 Å². The van der Waals surface area contributed by atoms with Crippen molar-refractivity contribution in [2.24, 2.45) is 5.73 Å². The van der Waals surface area contributed by atoms with Crippen LogP contribution in [0.2, 0.25) is 0 Å². The molecule has 1 unspecified atom stereocenters. The van der Waals surface area contributed by atoms with E-state index in [4.69, 9.17) is 10.2 Å². The van der Waals surface area contributed by atoms with Crippen LogP contribution in [0.15, 0.2) is 41.0 Å². The zero-order chi connectivity index (χ0) is 11.5. The first-order valence-electron chi connectivity index (χ1n) is 5.60. The van der Waals surface area contributed by atoms with Crippen LogP contribution in [0.3, 0.4) is 0 Å². The molecule has 16 heavy (non-hydrogen) atoms. The lowest BCUT2D eigenvalue weighted by molar-refractivity contribution is 0.527. The maximum atomic E-state index is 6.23. The molecule has 0 amide bonds. The summed E-state index contributed by atoms with van der Waals surface area (Å²) in [5.74, 6) is 0.898. The second kappa shape index (κ2) is 4.54. The highest BCUT2D eigenvalue weighted by atomic mass is 16.3. The Kier molecular flexibility index (Phi) is 3.11. The summed E-state index contributed by atoms with van der Waals surface area (Å²) in [7, 11) is 0. The Morgan fingerprint density at radius 2 is 2.12 bits per heavy atom. The van der Waals surface area contributed by atoms with Gasteiger partial charge in [0, 0.05) is 5.56 Å². The predicted octanol–water partition coefficient (Wildman–Crippen LogP) is 3.20. The minimum Gasteiger partial charge on any atom is -0.469 e. The predicted molar refractivity (Wildman–Crippen MR) is 65.3 cm³/mol. The van der Waals surface area contributed by atoms with Gasteiger partial charge < -0.3 is 10.2 Å². The first-order chi connectivity index (χ1) is 7.72. The molecule has 1 atom stereocenters. The molecule has 0 aliphatic rings. The summed E-state index contributed by atoms with van der Waals surface area (Å²) in [4.78, 5) is 0. The molecule has 2 aromatic rings. The molecule has 1 aromatic heterocycles. The minimum atomic E-state index is -0.0924. The monoisotopic (exact) mass is 215 g/mol. The first kappa shape index (κ1) is 11.0. The maximum absolute atomic E-state index is 6.23. The Hall–Kier alpha value is -1.54. The van der Waals surface area contributed by atoms with Crippen LogP contribution < -0.4 is 5.73 Å². The average Bonchev–Trinajstić information content (AvgIpc) is 2.74. The number of nitrogens with two attached hydrogens (primary N) is 1. The van der Waals surface area contributed by atoms with E-state index in [0.29, 0.717) is 0 Å². The molecule has 1 heterocycles. The molecular weight excluding hydrogens is 198 g/mol. The third-order valence-electron chi connectivity index (χ3n) is 2.95. The molecule has 2 heteroatoms. The van der Waals surface area contributed by atoms with Gasteiger partial charge in [0.15, 0.2) is 0 Å². The van der Waals surface area contributed by atoms with Gasteiger partial charge in [-0.3, -0.25) is 0 Å². The van der Waals surface area contributed by atoms with Gasteiger partial charge in [-0.2, -0.15) is 0 Å². The van der Waals surface area contributed by atoms with Crippen LogP contribution in [0, 0.1) is 6.92 Å². The second-order valence-corrected chi connectivity index (χ2v) is 4.01. The van der Waals surface area contributed by atoms with Gasteiger partial charge in [0.2, 0.25) is 0 Å². The van der Waals surface area contributed by atoms with Crippen molar-refractivity contribution >= 4 is 0 Å². The Morgan fingerprint density at radius 3 is 2.75 bits per heavy atom. The molecule has 1 aromatic carbocycles. The Labute approximate surface area is 96.1 Å². The topological polar surface area (TPSA) is 39.2 Å². The number of benzene rings is 1. The maximum Gasteiger partial charge on any atom is 0.105 e. The molecule has 2 rings (SSSR count). The van der Waals surface area contributed by atoms with Gasteiger partial charge in [0.05, 0.1) is 12.3 Å². The van der Waals surface area contributed by atoms with Crippen molar-refractivity contribution in [3.05, 3.63) is 59.0 Å².